The number of thioether (sulfide) groups is 1. The van der Waals surface area contributed by atoms with Gasteiger partial charge in [0.1, 0.15) is 0 Å². The van der Waals surface area contributed by atoms with E-state index in [-0.39, 0.29) is 0 Å². The average molecular weight is 253 g/mol. The Balaban J connectivity index is 2.53. The van der Waals surface area contributed by atoms with Crippen molar-refractivity contribution in [3.05, 3.63) is 0 Å². The molecule has 98 valence electrons. The van der Waals surface area contributed by atoms with Crippen LogP contribution in [-0.2, 0) is 0 Å². The van der Waals surface area contributed by atoms with Gasteiger partial charge >= 0.3 is 0 Å². The fourth-order valence-electron chi connectivity index (χ4n) is 2.63. The van der Waals surface area contributed by atoms with E-state index in [1.807, 2.05) is 0 Å². The first-order valence-electron chi connectivity index (χ1n) is 7.00. The molecule has 0 aromatic rings. The molecule has 0 heterocycles. The molecule has 3 unspecified atom stereocenters. The minimum atomic E-state index is 0.301. The zero-order chi connectivity index (χ0) is 12.9. The molecule has 0 N–H and O–H groups in total. The molecule has 0 spiro atoms. The molecule has 0 aromatic heterocycles. The molecule has 1 saturated carbocycles. The number of unbranched alkanes of at least 4 members (excludes halogenated alkanes) is 1. The van der Waals surface area contributed by atoms with Crippen molar-refractivity contribution in [3.63, 3.8) is 0 Å². The van der Waals surface area contributed by atoms with Crippen LogP contribution in [-0.4, -0.2) is 11.0 Å². The number of rotatable bonds is 4. The zero-order valence-corrected chi connectivity index (χ0v) is 12.6. The molecule has 0 bridgehead atoms. The number of nitriles is 1. The van der Waals surface area contributed by atoms with E-state index in [9.17, 15) is 5.26 Å². The van der Waals surface area contributed by atoms with E-state index in [1.54, 1.807) is 0 Å². The maximum atomic E-state index is 9.24. The van der Waals surface area contributed by atoms with Gasteiger partial charge in [0.2, 0.25) is 0 Å². The van der Waals surface area contributed by atoms with Gasteiger partial charge in [0.25, 0.3) is 0 Å². The molecule has 1 fully saturated rings. The second-order valence-corrected chi connectivity index (χ2v) is 7.72. The lowest BCUT2D eigenvalue weighted by Gasteiger charge is -2.39. The van der Waals surface area contributed by atoms with Crippen LogP contribution in [0, 0.1) is 28.6 Å². The van der Waals surface area contributed by atoms with Crippen molar-refractivity contribution in [2.45, 2.75) is 65.0 Å². The quantitative estimate of drug-likeness (QED) is 0.667. The fourth-order valence-corrected chi connectivity index (χ4v) is 4.18. The molecule has 2 heteroatoms. The van der Waals surface area contributed by atoms with Crippen LogP contribution in [0.4, 0.5) is 0 Å². The van der Waals surface area contributed by atoms with E-state index in [1.165, 1.54) is 31.4 Å². The monoisotopic (exact) mass is 253 g/mol. The smallest absolute Gasteiger partial charge is 0.0667 e. The van der Waals surface area contributed by atoms with Crippen molar-refractivity contribution in [1.29, 1.82) is 5.26 Å². The minimum absolute atomic E-state index is 0.301. The lowest BCUT2D eigenvalue weighted by molar-refractivity contribution is 0.169. The summed E-state index contributed by atoms with van der Waals surface area (Å²) in [6, 6.07) is 2.53. The van der Waals surface area contributed by atoms with Crippen LogP contribution in [0.5, 0.6) is 0 Å². The summed E-state index contributed by atoms with van der Waals surface area (Å²) >= 11 is 2.05. The topological polar surface area (TPSA) is 23.8 Å². The summed E-state index contributed by atoms with van der Waals surface area (Å²) in [4.78, 5) is 0. The van der Waals surface area contributed by atoms with Crippen molar-refractivity contribution in [1.82, 2.24) is 0 Å². The lowest BCUT2D eigenvalue weighted by atomic mass is 9.70. The van der Waals surface area contributed by atoms with Crippen LogP contribution in [0.2, 0.25) is 0 Å². The van der Waals surface area contributed by atoms with Gasteiger partial charge in [-0.15, -0.1) is 0 Å². The minimum Gasteiger partial charge on any atom is -0.198 e. The summed E-state index contributed by atoms with van der Waals surface area (Å²) in [5, 5.41) is 9.83. The summed E-state index contributed by atoms with van der Waals surface area (Å²) in [5.41, 5.74) is 0.407. The van der Waals surface area contributed by atoms with Crippen LogP contribution in [0.1, 0.15) is 59.8 Å². The first-order valence-corrected chi connectivity index (χ1v) is 8.05. The van der Waals surface area contributed by atoms with Crippen LogP contribution < -0.4 is 0 Å². The van der Waals surface area contributed by atoms with Gasteiger partial charge < -0.3 is 0 Å². The Kier molecular flexibility index (Phi) is 5.86. The molecule has 0 radical (unpaired) electrons. The molecule has 1 nitrogen and oxygen atoms in total. The summed E-state index contributed by atoms with van der Waals surface area (Å²) in [5.74, 6) is 2.33. The Bertz CT molecular complexity index is 261. The number of nitrogens with zero attached hydrogens (tertiary/aromatic N) is 1. The SMILES string of the molecule is CCCCSC1CC(C(C)(C)C)CCC1C#N. The van der Waals surface area contributed by atoms with Gasteiger partial charge in [0.05, 0.1) is 12.0 Å². The van der Waals surface area contributed by atoms with E-state index in [0.29, 0.717) is 16.6 Å². The summed E-state index contributed by atoms with van der Waals surface area (Å²) in [7, 11) is 0. The highest BCUT2D eigenvalue weighted by atomic mass is 32.2. The molecule has 1 rings (SSSR count). The second-order valence-electron chi connectivity index (χ2n) is 6.37. The van der Waals surface area contributed by atoms with Crippen LogP contribution in [0.25, 0.3) is 0 Å². The highest BCUT2D eigenvalue weighted by Crippen LogP contribution is 2.43. The van der Waals surface area contributed by atoms with Crippen LogP contribution in [0.3, 0.4) is 0 Å². The Morgan fingerprint density at radius 2 is 2.00 bits per heavy atom. The molecule has 3 atom stereocenters. The van der Waals surface area contributed by atoms with Crippen LogP contribution >= 0.6 is 11.8 Å². The van der Waals surface area contributed by atoms with Crippen molar-refractivity contribution in [2.24, 2.45) is 17.3 Å². The molecule has 0 saturated heterocycles. The molecular weight excluding hydrogens is 226 g/mol. The maximum Gasteiger partial charge on any atom is 0.0667 e. The normalized spacial score (nSPS) is 29.9. The van der Waals surface area contributed by atoms with Gasteiger partial charge in [-0.1, -0.05) is 34.1 Å². The molecule has 0 aromatic carbocycles. The lowest BCUT2D eigenvalue weighted by Crippen LogP contribution is -2.33. The average Bonchev–Trinajstić information content (AvgIpc) is 2.28. The first-order chi connectivity index (χ1) is 7.99. The molecule has 17 heavy (non-hydrogen) atoms. The van der Waals surface area contributed by atoms with Crippen LogP contribution in [0.15, 0.2) is 0 Å². The summed E-state index contributed by atoms with van der Waals surface area (Å²) in [6.07, 6.45) is 6.16. The largest absolute Gasteiger partial charge is 0.198 e. The van der Waals surface area contributed by atoms with Gasteiger partial charge in [-0.2, -0.15) is 17.0 Å². The first kappa shape index (κ1) is 14.9. The maximum absolute atomic E-state index is 9.24. The number of hydrogen-bond donors (Lipinski definition) is 0. The highest BCUT2D eigenvalue weighted by molar-refractivity contribution is 7.99. The Labute approximate surface area is 111 Å². The standard InChI is InChI=1S/C15H27NS/c1-5-6-9-17-14-10-13(15(2,3)4)8-7-12(14)11-16/h12-14H,5-10H2,1-4H3. The van der Waals surface area contributed by atoms with Gasteiger partial charge in [-0.3, -0.25) is 0 Å². The molecule has 0 amide bonds. The third-order valence-corrected chi connectivity index (χ3v) is 5.49. The molecule has 1 aliphatic rings. The molecule has 0 aliphatic heterocycles. The third-order valence-electron chi connectivity index (χ3n) is 4.01. The Morgan fingerprint density at radius 1 is 1.29 bits per heavy atom. The van der Waals surface area contributed by atoms with Crippen molar-refractivity contribution >= 4 is 11.8 Å². The molecular formula is C15H27NS. The van der Waals surface area contributed by atoms with Crippen molar-refractivity contribution < 1.29 is 0 Å². The second kappa shape index (κ2) is 6.69. The van der Waals surface area contributed by atoms with E-state index >= 15 is 0 Å². The highest BCUT2D eigenvalue weighted by Gasteiger charge is 2.35. The van der Waals surface area contributed by atoms with E-state index in [4.69, 9.17) is 0 Å². The van der Waals surface area contributed by atoms with Gasteiger partial charge in [-0.25, -0.2) is 0 Å². The Hall–Kier alpha value is -0.160. The van der Waals surface area contributed by atoms with Gasteiger partial charge in [0, 0.05) is 5.25 Å². The molecule has 1 aliphatic carbocycles. The fraction of sp³-hybridized carbons (Fsp3) is 0.933. The Morgan fingerprint density at radius 3 is 2.53 bits per heavy atom. The zero-order valence-electron chi connectivity index (χ0n) is 11.8. The predicted molar refractivity (Wildman–Crippen MR) is 77.1 cm³/mol. The van der Waals surface area contributed by atoms with Gasteiger partial charge in [-0.05, 0) is 42.8 Å². The van der Waals surface area contributed by atoms with E-state index < -0.39 is 0 Å². The van der Waals surface area contributed by atoms with E-state index in [2.05, 4.69) is 45.5 Å². The third kappa shape index (κ3) is 4.54. The van der Waals surface area contributed by atoms with Crippen molar-refractivity contribution in [3.8, 4) is 6.07 Å². The van der Waals surface area contributed by atoms with Crippen molar-refractivity contribution in [2.75, 3.05) is 5.75 Å². The summed E-state index contributed by atoms with van der Waals surface area (Å²) < 4.78 is 0. The summed E-state index contributed by atoms with van der Waals surface area (Å²) in [6.45, 7) is 9.27. The predicted octanol–water partition coefficient (Wildman–Crippen LogP) is 4.87. The number of hydrogen-bond acceptors (Lipinski definition) is 2. The van der Waals surface area contributed by atoms with E-state index in [0.717, 1.165) is 12.3 Å². The van der Waals surface area contributed by atoms with Gasteiger partial charge in [0.15, 0.2) is 0 Å².